The predicted molar refractivity (Wildman–Crippen MR) is 75.2 cm³/mol. The van der Waals surface area contributed by atoms with Gasteiger partial charge >= 0.3 is 0 Å². The van der Waals surface area contributed by atoms with E-state index in [1.54, 1.807) is 4.90 Å². The highest BCUT2D eigenvalue weighted by atomic mass is 16.5. The highest BCUT2D eigenvalue weighted by Crippen LogP contribution is 2.16. The summed E-state index contributed by atoms with van der Waals surface area (Å²) in [6.45, 7) is 6.01. The highest BCUT2D eigenvalue weighted by Gasteiger charge is 2.27. The van der Waals surface area contributed by atoms with Crippen LogP contribution in [-0.4, -0.2) is 62.1 Å². The maximum atomic E-state index is 12.1. The predicted octanol–water partition coefficient (Wildman–Crippen LogP) is -0.260. The Hall–Kier alpha value is -1.14. The molecule has 6 nitrogen and oxygen atoms in total. The second-order valence-electron chi connectivity index (χ2n) is 5.53. The molecule has 2 atom stereocenters. The number of piperidine rings is 1. The number of amides is 2. The number of carbonyl (C=O) groups is 2. The fourth-order valence-electron chi connectivity index (χ4n) is 2.80. The molecule has 2 amide bonds. The molecule has 2 aliphatic heterocycles. The van der Waals surface area contributed by atoms with Crippen molar-refractivity contribution in [2.24, 2.45) is 5.92 Å². The molecule has 0 saturated carbocycles. The first-order valence-corrected chi connectivity index (χ1v) is 7.55. The number of nitrogens with zero attached hydrogens (tertiary/aromatic N) is 1. The van der Waals surface area contributed by atoms with E-state index in [1.807, 2.05) is 6.92 Å². The van der Waals surface area contributed by atoms with Crippen molar-refractivity contribution in [2.45, 2.75) is 32.2 Å². The largest absolute Gasteiger partial charge is 0.378 e. The standard InChI is InChI=1S/C14H25N3O3/c1-11-12(3-2-5-15-11)14(19)16-6-4-13(18)17-7-9-20-10-8-17/h11-12,15H,2-10H2,1H3,(H,16,19). The fourth-order valence-corrected chi connectivity index (χ4v) is 2.80. The Kier molecular flexibility index (Phi) is 5.79. The summed E-state index contributed by atoms with van der Waals surface area (Å²) in [5.41, 5.74) is 0. The Balaban J connectivity index is 1.66. The molecule has 0 bridgehead atoms. The summed E-state index contributed by atoms with van der Waals surface area (Å²) in [7, 11) is 0. The molecule has 6 heteroatoms. The minimum Gasteiger partial charge on any atom is -0.378 e. The maximum Gasteiger partial charge on any atom is 0.224 e. The molecular formula is C14H25N3O3. The summed E-state index contributed by atoms with van der Waals surface area (Å²) in [5, 5.41) is 6.21. The zero-order valence-electron chi connectivity index (χ0n) is 12.2. The van der Waals surface area contributed by atoms with E-state index in [0.29, 0.717) is 39.3 Å². The van der Waals surface area contributed by atoms with Gasteiger partial charge in [-0.3, -0.25) is 9.59 Å². The van der Waals surface area contributed by atoms with E-state index in [0.717, 1.165) is 19.4 Å². The SMILES string of the molecule is CC1NCCCC1C(=O)NCCC(=O)N1CCOCC1. The fraction of sp³-hybridized carbons (Fsp3) is 0.857. The normalized spacial score (nSPS) is 27.1. The highest BCUT2D eigenvalue weighted by molar-refractivity contribution is 5.81. The van der Waals surface area contributed by atoms with E-state index in [2.05, 4.69) is 10.6 Å². The monoisotopic (exact) mass is 283 g/mol. The van der Waals surface area contributed by atoms with E-state index < -0.39 is 0 Å². The average Bonchev–Trinajstić information content (AvgIpc) is 2.48. The topological polar surface area (TPSA) is 70.7 Å². The summed E-state index contributed by atoms with van der Waals surface area (Å²) < 4.78 is 5.21. The molecule has 0 aromatic carbocycles. The molecular weight excluding hydrogens is 258 g/mol. The molecule has 2 heterocycles. The summed E-state index contributed by atoms with van der Waals surface area (Å²) in [4.78, 5) is 25.8. The average molecular weight is 283 g/mol. The van der Waals surface area contributed by atoms with Crippen LogP contribution in [0.5, 0.6) is 0 Å². The Morgan fingerprint density at radius 2 is 2.10 bits per heavy atom. The summed E-state index contributed by atoms with van der Waals surface area (Å²) >= 11 is 0. The van der Waals surface area contributed by atoms with Gasteiger partial charge in [0.05, 0.1) is 19.1 Å². The van der Waals surface area contributed by atoms with E-state index >= 15 is 0 Å². The molecule has 20 heavy (non-hydrogen) atoms. The third-order valence-corrected chi connectivity index (χ3v) is 4.10. The van der Waals surface area contributed by atoms with E-state index in [4.69, 9.17) is 4.74 Å². The lowest BCUT2D eigenvalue weighted by Crippen LogP contribution is -2.47. The van der Waals surface area contributed by atoms with Crippen LogP contribution < -0.4 is 10.6 Å². The van der Waals surface area contributed by atoms with Crippen molar-refractivity contribution in [2.75, 3.05) is 39.4 Å². The van der Waals surface area contributed by atoms with Gasteiger partial charge in [-0.05, 0) is 26.3 Å². The van der Waals surface area contributed by atoms with Gasteiger partial charge in [0, 0.05) is 32.1 Å². The number of nitrogens with one attached hydrogen (secondary N) is 2. The van der Waals surface area contributed by atoms with Crippen LogP contribution in [0.15, 0.2) is 0 Å². The zero-order chi connectivity index (χ0) is 14.4. The number of hydrogen-bond acceptors (Lipinski definition) is 4. The van der Waals surface area contributed by atoms with Crippen LogP contribution >= 0.6 is 0 Å². The summed E-state index contributed by atoms with van der Waals surface area (Å²) in [5.74, 6) is 0.199. The lowest BCUT2D eigenvalue weighted by molar-refractivity contribution is -0.135. The number of rotatable bonds is 4. The second kappa shape index (κ2) is 7.59. The van der Waals surface area contributed by atoms with Gasteiger partial charge in [0.25, 0.3) is 0 Å². The van der Waals surface area contributed by atoms with Crippen molar-refractivity contribution < 1.29 is 14.3 Å². The van der Waals surface area contributed by atoms with Crippen LogP contribution in [-0.2, 0) is 14.3 Å². The van der Waals surface area contributed by atoms with Gasteiger partial charge in [0.1, 0.15) is 0 Å². The molecule has 2 saturated heterocycles. The number of morpholine rings is 1. The molecule has 2 unspecified atom stereocenters. The Morgan fingerprint density at radius 1 is 1.35 bits per heavy atom. The minimum atomic E-state index is 0.0299. The summed E-state index contributed by atoms with van der Waals surface area (Å²) in [6, 6.07) is 0.221. The van der Waals surface area contributed by atoms with Crippen LogP contribution in [0.3, 0.4) is 0 Å². The van der Waals surface area contributed by atoms with Crippen LogP contribution in [0.2, 0.25) is 0 Å². The number of hydrogen-bond donors (Lipinski definition) is 2. The first-order chi connectivity index (χ1) is 9.68. The molecule has 2 fully saturated rings. The van der Waals surface area contributed by atoms with Crippen molar-refractivity contribution in [1.82, 2.24) is 15.5 Å². The lowest BCUT2D eigenvalue weighted by atomic mass is 9.91. The quantitative estimate of drug-likeness (QED) is 0.746. The van der Waals surface area contributed by atoms with Gasteiger partial charge in [0.2, 0.25) is 11.8 Å². The minimum absolute atomic E-state index is 0.0299. The van der Waals surface area contributed by atoms with Crippen LogP contribution in [0.25, 0.3) is 0 Å². The molecule has 0 aromatic heterocycles. The first-order valence-electron chi connectivity index (χ1n) is 7.55. The number of carbonyl (C=O) groups excluding carboxylic acids is 2. The maximum absolute atomic E-state index is 12.1. The van der Waals surface area contributed by atoms with Gasteiger partial charge in [0.15, 0.2) is 0 Å². The van der Waals surface area contributed by atoms with E-state index in [1.165, 1.54) is 0 Å². The van der Waals surface area contributed by atoms with Crippen molar-refractivity contribution in [1.29, 1.82) is 0 Å². The third-order valence-electron chi connectivity index (χ3n) is 4.10. The van der Waals surface area contributed by atoms with E-state index in [9.17, 15) is 9.59 Å². The molecule has 2 aliphatic rings. The zero-order valence-corrected chi connectivity index (χ0v) is 12.2. The smallest absolute Gasteiger partial charge is 0.224 e. The first kappa shape index (κ1) is 15.3. The lowest BCUT2D eigenvalue weighted by Gasteiger charge is -2.29. The van der Waals surface area contributed by atoms with Crippen LogP contribution in [0.4, 0.5) is 0 Å². The van der Waals surface area contributed by atoms with Crippen LogP contribution in [0.1, 0.15) is 26.2 Å². The molecule has 0 aliphatic carbocycles. The van der Waals surface area contributed by atoms with Crippen molar-refractivity contribution in [3.63, 3.8) is 0 Å². The van der Waals surface area contributed by atoms with Crippen molar-refractivity contribution >= 4 is 11.8 Å². The van der Waals surface area contributed by atoms with Gasteiger partial charge in [-0.15, -0.1) is 0 Å². The van der Waals surface area contributed by atoms with Crippen molar-refractivity contribution in [3.05, 3.63) is 0 Å². The Bertz CT molecular complexity index is 343. The van der Waals surface area contributed by atoms with Gasteiger partial charge in [-0.1, -0.05) is 0 Å². The molecule has 0 radical (unpaired) electrons. The molecule has 0 aromatic rings. The van der Waals surface area contributed by atoms with Crippen LogP contribution in [0, 0.1) is 5.92 Å². The second-order valence-corrected chi connectivity index (χ2v) is 5.53. The van der Waals surface area contributed by atoms with Gasteiger partial charge < -0.3 is 20.3 Å². The Labute approximate surface area is 120 Å². The van der Waals surface area contributed by atoms with Crippen molar-refractivity contribution in [3.8, 4) is 0 Å². The summed E-state index contributed by atoms with van der Waals surface area (Å²) in [6.07, 6.45) is 2.34. The molecule has 114 valence electrons. The molecule has 0 spiro atoms. The number of ether oxygens (including phenoxy) is 1. The Morgan fingerprint density at radius 3 is 2.80 bits per heavy atom. The molecule has 2 N–H and O–H groups in total. The molecule has 2 rings (SSSR count). The van der Waals surface area contributed by atoms with Gasteiger partial charge in [-0.2, -0.15) is 0 Å². The van der Waals surface area contributed by atoms with Gasteiger partial charge in [-0.25, -0.2) is 0 Å². The van der Waals surface area contributed by atoms with E-state index in [-0.39, 0.29) is 23.8 Å². The third kappa shape index (κ3) is 4.18.